The summed E-state index contributed by atoms with van der Waals surface area (Å²) in [6.07, 6.45) is -0.578. The van der Waals surface area contributed by atoms with Crippen molar-refractivity contribution in [2.45, 2.75) is 17.9 Å². The number of aliphatic hydroxyl groups is 1. The summed E-state index contributed by atoms with van der Waals surface area (Å²) in [6.45, 7) is 1.84. The van der Waals surface area contributed by atoms with Gasteiger partial charge >= 0.3 is 0 Å². The molecule has 12 heavy (non-hydrogen) atoms. The van der Waals surface area contributed by atoms with E-state index in [0.29, 0.717) is 0 Å². The number of hydrogen-bond donors (Lipinski definition) is 1. The van der Waals surface area contributed by atoms with Crippen LogP contribution in [0.1, 0.15) is 18.6 Å². The lowest BCUT2D eigenvalue weighted by atomic mass is 10.1. The Labute approximate surface area is 79.4 Å². The van der Waals surface area contributed by atoms with Crippen LogP contribution < -0.4 is 0 Å². The summed E-state index contributed by atoms with van der Waals surface area (Å²) in [5, 5.41) is 9.52. The summed E-state index contributed by atoms with van der Waals surface area (Å²) in [4.78, 5) is -0.0250. The summed E-state index contributed by atoms with van der Waals surface area (Å²) >= 11 is 3.25. The van der Waals surface area contributed by atoms with Crippen LogP contribution in [0.15, 0.2) is 24.3 Å². The predicted molar refractivity (Wildman–Crippen MR) is 49.7 cm³/mol. The molecule has 2 atom stereocenters. The van der Waals surface area contributed by atoms with E-state index in [2.05, 4.69) is 15.9 Å². The second kappa shape index (κ2) is 4.01. The third-order valence-electron chi connectivity index (χ3n) is 1.65. The molecule has 1 rings (SSSR count). The number of alkyl halides is 1. The number of aliphatic hydroxyl groups excluding tert-OH is 1. The van der Waals surface area contributed by atoms with Gasteiger partial charge in [-0.1, -0.05) is 28.1 Å². The Morgan fingerprint density at radius 2 is 1.83 bits per heavy atom. The molecule has 0 bridgehead atoms. The largest absolute Gasteiger partial charge is 0.387 e. The van der Waals surface area contributed by atoms with Gasteiger partial charge in [-0.25, -0.2) is 4.39 Å². The Bertz CT molecular complexity index is 245. The molecule has 1 aromatic carbocycles. The van der Waals surface area contributed by atoms with Crippen LogP contribution >= 0.6 is 15.9 Å². The molecule has 1 aromatic rings. The van der Waals surface area contributed by atoms with Crippen molar-refractivity contribution in [1.82, 2.24) is 0 Å². The number of hydrogen-bond acceptors (Lipinski definition) is 1. The molecule has 0 heterocycles. The number of benzene rings is 1. The monoisotopic (exact) mass is 232 g/mol. The van der Waals surface area contributed by atoms with Crippen LogP contribution in [-0.2, 0) is 0 Å². The van der Waals surface area contributed by atoms with Gasteiger partial charge < -0.3 is 5.11 Å². The van der Waals surface area contributed by atoms with E-state index in [4.69, 9.17) is 0 Å². The quantitative estimate of drug-likeness (QED) is 0.778. The highest BCUT2D eigenvalue weighted by atomic mass is 79.9. The van der Waals surface area contributed by atoms with Crippen molar-refractivity contribution in [3.8, 4) is 0 Å². The van der Waals surface area contributed by atoms with Gasteiger partial charge in [0, 0.05) is 4.83 Å². The van der Waals surface area contributed by atoms with Crippen molar-refractivity contribution in [3.63, 3.8) is 0 Å². The van der Waals surface area contributed by atoms with E-state index in [1.54, 1.807) is 12.1 Å². The smallest absolute Gasteiger partial charge is 0.123 e. The molecule has 0 saturated carbocycles. The lowest BCUT2D eigenvalue weighted by molar-refractivity contribution is 0.181. The Morgan fingerprint density at radius 1 is 1.33 bits per heavy atom. The highest BCUT2D eigenvalue weighted by Gasteiger charge is 2.12. The van der Waals surface area contributed by atoms with Crippen LogP contribution in [0.4, 0.5) is 4.39 Å². The molecule has 3 heteroatoms. The maximum absolute atomic E-state index is 12.5. The van der Waals surface area contributed by atoms with Gasteiger partial charge in [0.2, 0.25) is 0 Å². The first kappa shape index (κ1) is 9.68. The fourth-order valence-electron chi connectivity index (χ4n) is 0.925. The van der Waals surface area contributed by atoms with E-state index >= 15 is 0 Å². The highest BCUT2D eigenvalue weighted by molar-refractivity contribution is 9.09. The normalized spacial score (nSPS) is 15.7. The third-order valence-corrected chi connectivity index (χ3v) is 2.15. The van der Waals surface area contributed by atoms with Gasteiger partial charge in [-0.15, -0.1) is 0 Å². The Kier molecular flexibility index (Phi) is 3.23. The minimum atomic E-state index is -0.578. The zero-order valence-corrected chi connectivity index (χ0v) is 8.25. The van der Waals surface area contributed by atoms with Gasteiger partial charge in [0.1, 0.15) is 5.82 Å². The molecule has 0 saturated heterocycles. The van der Waals surface area contributed by atoms with E-state index < -0.39 is 6.10 Å². The first-order valence-electron chi connectivity index (χ1n) is 3.69. The summed E-state index contributed by atoms with van der Waals surface area (Å²) in [5.41, 5.74) is 0.723. The average Bonchev–Trinajstić information content (AvgIpc) is 2.04. The van der Waals surface area contributed by atoms with Gasteiger partial charge in [-0.3, -0.25) is 0 Å². The molecule has 0 aliphatic carbocycles. The van der Waals surface area contributed by atoms with Gasteiger partial charge in [0.25, 0.3) is 0 Å². The Balaban J connectivity index is 2.82. The molecule has 0 spiro atoms. The maximum atomic E-state index is 12.5. The van der Waals surface area contributed by atoms with Crippen molar-refractivity contribution in [3.05, 3.63) is 35.6 Å². The van der Waals surface area contributed by atoms with E-state index in [1.165, 1.54) is 12.1 Å². The summed E-state index contributed by atoms with van der Waals surface area (Å²) in [7, 11) is 0. The summed E-state index contributed by atoms with van der Waals surface area (Å²) < 4.78 is 12.5. The SMILES string of the molecule is CC(Br)C(O)c1ccc(F)cc1. The molecule has 0 radical (unpaired) electrons. The number of rotatable bonds is 2. The van der Waals surface area contributed by atoms with Crippen LogP contribution in [0.2, 0.25) is 0 Å². The van der Waals surface area contributed by atoms with Crippen molar-refractivity contribution >= 4 is 15.9 Å². The molecule has 0 fully saturated rings. The zero-order valence-electron chi connectivity index (χ0n) is 6.67. The third kappa shape index (κ3) is 2.29. The van der Waals surface area contributed by atoms with Crippen LogP contribution in [0.5, 0.6) is 0 Å². The molecule has 2 unspecified atom stereocenters. The van der Waals surface area contributed by atoms with Crippen LogP contribution in [-0.4, -0.2) is 9.93 Å². The molecule has 1 nitrogen and oxygen atoms in total. The van der Waals surface area contributed by atoms with E-state index in [9.17, 15) is 9.50 Å². The van der Waals surface area contributed by atoms with Crippen LogP contribution in [0.3, 0.4) is 0 Å². The first-order valence-corrected chi connectivity index (χ1v) is 4.60. The van der Waals surface area contributed by atoms with Crippen molar-refractivity contribution in [1.29, 1.82) is 0 Å². The highest BCUT2D eigenvalue weighted by Crippen LogP contribution is 2.21. The number of halogens is 2. The van der Waals surface area contributed by atoms with E-state index in [-0.39, 0.29) is 10.6 Å². The van der Waals surface area contributed by atoms with Gasteiger partial charge in [0.15, 0.2) is 0 Å². The van der Waals surface area contributed by atoms with Crippen LogP contribution in [0, 0.1) is 5.82 Å². The van der Waals surface area contributed by atoms with Crippen molar-refractivity contribution in [2.75, 3.05) is 0 Å². The van der Waals surface area contributed by atoms with Crippen LogP contribution in [0.25, 0.3) is 0 Å². The molecular formula is C9H10BrFO. The lowest BCUT2D eigenvalue weighted by Crippen LogP contribution is -2.07. The van der Waals surface area contributed by atoms with Crippen molar-refractivity contribution in [2.24, 2.45) is 0 Å². The summed E-state index contributed by atoms with van der Waals surface area (Å²) in [5.74, 6) is -0.284. The van der Waals surface area contributed by atoms with Gasteiger partial charge in [-0.2, -0.15) is 0 Å². The maximum Gasteiger partial charge on any atom is 0.123 e. The molecule has 0 aliphatic rings. The predicted octanol–water partition coefficient (Wildman–Crippen LogP) is 2.64. The molecular weight excluding hydrogens is 223 g/mol. The summed E-state index contributed by atoms with van der Waals surface area (Å²) in [6, 6.07) is 5.84. The van der Waals surface area contributed by atoms with E-state index in [1.807, 2.05) is 6.92 Å². The average molecular weight is 233 g/mol. The molecule has 1 N–H and O–H groups in total. The van der Waals surface area contributed by atoms with Gasteiger partial charge in [-0.05, 0) is 24.6 Å². The fourth-order valence-corrected chi connectivity index (χ4v) is 1.23. The van der Waals surface area contributed by atoms with Gasteiger partial charge in [0.05, 0.1) is 6.10 Å². The standard InChI is InChI=1S/C9H10BrFO/c1-6(10)9(12)7-2-4-8(11)5-3-7/h2-6,9,12H,1H3. The zero-order chi connectivity index (χ0) is 9.14. The molecule has 0 aromatic heterocycles. The van der Waals surface area contributed by atoms with E-state index in [0.717, 1.165) is 5.56 Å². The Morgan fingerprint density at radius 3 is 2.25 bits per heavy atom. The molecule has 0 aliphatic heterocycles. The van der Waals surface area contributed by atoms with Crippen molar-refractivity contribution < 1.29 is 9.50 Å². The molecule has 0 amide bonds. The lowest BCUT2D eigenvalue weighted by Gasteiger charge is -2.12. The topological polar surface area (TPSA) is 20.2 Å². The molecule has 66 valence electrons. The Hall–Kier alpha value is -0.410. The second-order valence-corrected chi connectivity index (χ2v) is 4.12. The minimum Gasteiger partial charge on any atom is -0.387 e. The minimum absolute atomic E-state index is 0.0250. The first-order chi connectivity index (χ1) is 5.61. The second-order valence-electron chi connectivity index (χ2n) is 2.67. The fraction of sp³-hybridized carbons (Fsp3) is 0.333.